The fourth-order valence-corrected chi connectivity index (χ4v) is 7.72. The van der Waals surface area contributed by atoms with Gasteiger partial charge >= 0.3 is 0 Å². The van der Waals surface area contributed by atoms with Crippen LogP contribution in [0.4, 0.5) is 17.6 Å². The normalized spacial score (nSPS) is 13.8. The van der Waals surface area contributed by atoms with Crippen LogP contribution in [0.25, 0.3) is 54.9 Å². The van der Waals surface area contributed by atoms with E-state index in [9.17, 15) is 8.78 Å². The fourth-order valence-electron chi connectivity index (χ4n) is 7.72. The van der Waals surface area contributed by atoms with Crippen molar-refractivity contribution in [2.75, 3.05) is 13.1 Å². The molecule has 0 unspecified atom stereocenters. The maximum Gasteiger partial charge on any atom is 0.133 e. The lowest BCUT2D eigenvalue weighted by molar-refractivity contribution is -0.953. The highest BCUT2D eigenvalue weighted by atomic mass is 19.1. The Hall–Kier alpha value is -4.48. The summed E-state index contributed by atoms with van der Waals surface area (Å²) in [4.78, 5) is 0. The van der Waals surface area contributed by atoms with Gasteiger partial charge in [-0.2, -0.15) is 0 Å². The minimum absolute atomic E-state index is 0.367. The molecule has 0 atom stereocenters. The molecule has 0 bridgehead atoms. The molecule has 0 radical (unpaired) electrons. The average Bonchev–Trinajstić information content (AvgIpc) is 3.22. The van der Waals surface area contributed by atoms with Crippen LogP contribution in [-0.2, 0) is 13.1 Å². The molecule has 1 nitrogen and oxygen atoms in total. The van der Waals surface area contributed by atoms with Gasteiger partial charge in [0.1, 0.15) is 36.4 Å². The van der Waals surface area contributed by atoms with Crippen molar-refractivity contribution in [3.8, 4) is 33.4 Å². The van der Waals surface area contributed by atoms with Gasteiger partial charge in [0.15, 0.2) is 0 Å². The molecule has 0 aliphatic carbocycles. The Balaban J connectivity index is 1.69. The summed E-state index contributed by atoms with van der Waals surface area (Å²) >= 11 is 0. The van der Waals surface area contributed by atoms with Crippen molar-refractivity contribution >= 4 is 21.5 Å². The molecule has 47 heavy (non-hydrogen) atoms. The Morgan fingerprint density at radius 3 is 1.34 bits per heavy atom. The number of rotatable bonds is 8. The molecular formula is C42H38F4N+. The average molecular weight is 633 g/mol. The minimum atomic E-state index is -0.614. The van der Waals surface area contributed by atoms with Crippen LogP contribution in [0.15, 0.2) is 97.1 Å². The molecule has 0 saturated heterocycles. The molecule has 0 saturated carbocycles. The molecule has 1 aliphatic rings. The van der Waals surface area contributed by atoms with Gasteiger partial charge in [0.05, 0.1) is 13.1 Å². The molecule has 1 aliphatic heterocycles. The van der Waals surface area contributed by atoms with Crippen LogP contribution < -0.4 is 0 Å². The monoisotopic (exact) mass is 632 g/mol. The van der Waals surface area contributed by atoms with Crippen molar-refractivity contribution in [2.24, 2.45) is 0 Å². The van der Waals surface area contributed by atoms with Crippen LogP contribution in [0.3, 0.4) is 0 Å². The Morgan fingerprint density at radius 1 is 0.511 bits per heavy atom. The van der Waals surface area contributed by atoms with Gasteiger partial charge in [0.2, 0.25) is 0 Å². The van der Waals surface area contributed by atoms with Crippen LogP contribution in [0, 0.1) is 23.3 Å². The Kier molecular flexibility index (Phi) is 8.36. The molecule has 0 N–H and O–H groups in total. The lowest BCUT2D eigenvalue weighted by atomic mass is 9.82. The second-order valence-corrected chi connectivity index (χ2v) is 13.1. The first-order chi connectivity index (χ1) is 22.8. The summed E-state index contributed by atoms with van der Waals surface area (Å²) in [7, 11) is 0. The lowest BCUT2D eigenvalue weighted by Crippen LogP contribution is -2.47. The van der Waals surface area contributed by atoms with Gasteiger partial charge in [-0.15, -0.1) is 0 Å². The van der Waals surface area contributed by atoms with E-state index in [1.54, 1.807) is 12.1 Å². The SMILES string of the molecule is CCCC[N+]1(CCCC)Cc2c(-c3ccc(F)cc3F)cc3ccccc3c2-c2c(c(-c3ccc(F)cc3F)cc3ccccc23)C1. The quantitative estimate of drug-likeness (QED) is 0.116. The summed E-state index contributed by atoms with van der Waals surface area (Å²) in [6, 6.07) is 28.1. The van der Waals surface area contributed by atoms with Crippen molar-refractivity contribution in [3.63, 3.8) is 0 Å². The van der Waals surface area contributed by atoms with Crippen LogP contribution in [0.1, 0.15) is 50.7 Å². The number of unbranched alkanes of at least 4 members (excludes halogenated alkanes) is 2. The number of nitrogens with zero attached hydrogens (tertiary/aromatic N) is 1. The van der Waals surface area contributed by atoms with Crippen LogP contribution in [-0.4, -0.2) is 17.6 Å². The minimum Gasteiger partial charge on any atom is -0.316 e. The molecule has 238 valence electrons. The van der Waals surface area contributed by atoms with E-state index in [1.165, 1.54) is 12.1 Å². The van der Waals surface area contributed by atoms with Gasteiger partial charge in [0, 0.05) is 45.5 Å². The van der Waals surface area contributed by atoms with E-state index in [4.69, 9.17) is 0 Å². The van der Waals surface area contributed by atoms with Crippen LogP contribution >= 0.6 is 0 Å². The van der Waals surface area contributed by atoms with E-state index in [2.05, 4.69) is 38.1 Å². The summed E-state index contributed by atoms with van der Waals surface area (Å²) in [6.07, 6.45) is 4.02. The topological polar surface area (TPSA) is 0 Å². The molecule has 6 aromatic carbocycles. The zero-order valence-electron chi connectivity index (χ0n) is 26.9. The van der Waals surface area contributed by atoms with E-state index in [-0.39, 0.29) is 0 Å². The summed E-state index contributed by atoms with van der Waals surface area (Å²) in [5, 5.41) is 3.95. The largest absolute Gasteiger partial charge is 0.316 e. The van der Waals surface area contributed by atoms with Crippen molar-refractivity contribution in [2.45, 2.75) is 52.6 Å². The zero-order chi connectivity index (χ0) is 32.7. The summed E-state index contributed by atoms with van der Waals surface area (Å²) in [5.41, 5.74) is 6.28. The van der Waals surface area contributed by atoms with Crippen LogP contribution in [0.5, 0.6) is 0 Å². The maximum atomic E-state index is 15.8. The zero-order valence-corrected chi connectivity index (χ0v) is 26.9. The number of fused-ring (bicyclic) bond motifs is 7. The van der Waals surface area contributed by atoms with Gasteiger partial charge in [-0.3, -0.25) is 0 Å². The highest BCUT2D eigenvalue weighted by molar-refractivity contribution is 6.12. The van der Waals surface area contributed by atoms with Crippen molar-refractivity contribution in [1.29, 1.82) is 0 Å². The third-order valence-electron chi connectivity index (χ3n) is 9.97. The Bertz CT molecular complexity index is 1980. The molecule has 7 rings (SSSR count). The smallest absolute Gasteiger partial charge is 0.133 e. The predicted octanol–water partition coefficient (Wildman–Crippen LogP) is 12.0. The van der Waals surface area contributed by atoms with Crippen molar-refractivity contribution < 1.29 is 22.0 Å². The standard InChI is InChI=1S/C42H38F4N/c1-3-5-19-47(20-6-4-2)25-37-35(33-17-15-29(43)23-39(33)45)21-27-11-7-9-13-31(27)41(37)42-32-14-10-8-12-28(32)22-36(38(42)26-47)34-18-16-30(44)24-40(34)46/h7-18,21-24H,3-6,19-20,25-26H2,1-2H3/q+1. The first-order valence-corrected chi connectivity index (χ1v) is 16.7. The van der Waals surface area contributed by atoms with Gasteiger partial charge in [-0.1, -0.05) is 75.2 Å². The molecule has 1 heterocycles. The number of hydrogen-bond acceptors (Lipinski definition) is 0. The molecule has 6 aromatic rings. The van der Waals surface area contributed by atoms with E-state index >= 15 is 8.78 Å². The summed E-state index contributed by atoms with van der Waals surface area (Å²) < 4.78 is 60.8. The number of hydrogen-bond donors (Lipinski definition) is 0. The van der Waals surface area contributed by atoms with Gasteiger partial charge in [0.25, 0.3) is 0 Å². The Labute approximate surface area is 273 Å². The highest BCUT2D eigenvalue weighted by Gasteiger charge is 2.38. The third-order valence-corrected chi connectivity index (χ3v) is 9.97. The molecule has 0 aromatic heterocycles. The first-order valence-electron chi connectivity index (χ1n) is 16.7. The highest BCUT2D eigenvalue weighted by Crippen LogP contribution is 2.50. The molecule has 5 heteroatoms. The predicted molar refractivity (Wildman–Crippen MR) is 185 cm³/mol. The van der Waals surface area contributed by atoms with E-state index in [0.29, 0.717) is 28.7 Å². The molecular weight excluding hydrogens is 594 g/mol. The molecule has 0 fully saturated rings. The van der Waals surface area contributed by atoms with Gasteiger partial charge in [-0.05, 0) is 81.9 Å². The van der Waals surface area contributed by atoms with Gasteiger partial charge in [-0.25, -0.2) is 17.6 Å². The second-order valence-electron chi connectivity index (χ2n) is 13.1. The number of halogens is 4. The summed E-state index contributed by atoms with van der Waals surface area (Å²) in [5.74, 6) is -2.42. The lowest BCUT2D eigenvalue weighted by Gasteiger charge is -2.39. The summed E-state index contributed by atoms with van der Waals surface area (Å²) in [6.45, 7) is 7.45. The number of quaternary nitrogens is 1. The van der Waals surface area contributed by atoms with Gasteiger partial charge < -0.3 is 4.48 Å². The molecule has 0 amide bonds. The Morgan fingerprint density at radius 2 is 0.936 bits per heavy atom. The van der Waals surface area contributed by atoms with E-state index in [1.807, 2.05) is 36.4 Å². The fraction of sp³-hybridized carbons (Fsp3) is 0.238. The third kappa shape index (κ3) is 5.61. The van der Waals surface area contributed by atoms with Crippen molar-refractivity contribution in [3.05, 3.63) is 131 Å². The maximum absolute atomic E-state index is 15.8. The number of benzene rings is 6. The first kappa shape index (κ1) is 31.1. The van der Waals surface area contributed by atoms with Crippen LogP contribution in [0.2, 0.25) is 0 Å². The van der Waals surface area contributed by atoms with E-state index < -0.39 is 23.3 Å². The van der Waals surface area contributed by atoms with E-state index in [0.717, 1.165) is 106 Å². The molecule has 0 spiro atoms. The second kappa shape index (κ2) is 12.6. The van der Waals surface area contributed by atoms with Crippen molar-refractivity contribution in [1.82, 2.24) is 0 Å².